The van der Waals surface area contributed by atoms with Crippen LogP contribution in [0.4, 0.5) is 5.69 Å². The predicted molar refractivity (Wildman–Crippen MR) is 60.7 cm³/mol. The van der Waals surface area contributed by atoms with E-state index in [0.717, 1.165) is 16.9 Å². The van der Waals surface area contributed by atoms with Crippen molar-refractivity contribution in [3.05, 3.63) is 24.0 Å². The van der Waals surface area contributed by atoms with Gasteiger partial charge in [0, 0.05) is 5.69 Å². The molecule has 1 atom stereocenters. The van der Waals surface area contributed by atoms with Crippen LogP contribution in [0.15, 0.2) is 18.2 Å². The van der Waals surface area contributed by atoms with Gasteiger partial charge in [-0.1, -0.05) is 0 Å². The Morgan fingerprint density at radius 3 is 2.93 bits per heavy atom. The summed E-state index contributed by atoms with van der Waals surface area (Å²) in [5, 5.41) is 9.17. The van der Waals surface area contributed by atoms with Crippen molar-refractivity contribution in [2.24, 2.45) is 0 Å². The maximum absolute atomic E-state index is 9.17. The second kappa shape index (κ2) is 3.55. The van der Waals surface area contributed by atoms with E-state index in [9.17, 15) is 5.11 Å². The predicted octanol–water partition coefficient (Wildman–Crippen LogP) is 1.48. The van der Waals surface area contributed by atoms with Crippen LogP contribution in [0.25, 0.3) is 11.0 Å². The summed E-state index contributed by atoms with van der Waals surface area (Å²) in [5.74, 6) is 0.900. The molecule has 4 heteroatoms. The van der Waals surface area contributed by atoms with Crippen molar-refractivity contribution in [2.45, 2.75) is 19.9 Å². The summed E-state index contributed by atoms with van der Waals surface area (Å²) in [5.41, 5.74) is 8.30. The third-order valence-corrected chi connectivity index (χ3v) is 2.59. The first kappa shape index (κ1) is 9.98. The van der Waals surface area contributed by atoms with E-state index in [0.29, 0.717) is 5.69 Å². The molecule has 2 rings (SSSR count). The van der Waals surface area contributed by atoms with Crippen molar-refractivity contribution in [3.63, 3.8) is 0 Å². The van der Waals surface area contributed by atoms with Crippen molar-refractivity contribution in [2.75, 3.05) is 12.3 Å². The molecule has 15 heavy (non-hydrogen) atoms. The number of hydrogen-bond acceptors (Lipinski definition) is 3. The van der Waals surface area contributed by atoms with Crippen molar-refractivity contribution in [1.29, 1.82) is 0 Å². The van der Waals surface area contributed by atoms with E-state index in [1.165, 1.54) is 0 Å². The number of aliphatic hydroxyl groups is 1. The standard InChI is InChI=1S/C11H15N3O/c1-7(6-15)14-8(2)13-10-5-9(12)3-4-11(10)14/h3-5,7,15H,6,12H2,1-2H3/t7-/m0/s1. The molecule has 0 radical (unpaired) electrons. The summed E-state index contributed by atoms with van der Waals surface area (Å²) >= 11 is 0. The second-order valence-corrected chi connectivity index (χ2v) is 3.81. The molecular formula is C11H15N3O. The fraction of sp³-hybridized carbons (Fsp3) is 0.364. The van der Waals surface area contributed by atoms with Crippen LogP contribution in [0.5, 0.6) is 0 Å². The molecule has 2 aromatic rings. The Balaban J connectivity index is 2.68. The molecule has 1 aromatic heterocycles. The van der Waals surface area contributed by atoms with Crippen LogP contribution >= 0.6 is 0 Å². The molecule has 3 N–H and O–H groups in total. The van der Waals surface area contributed by atoms with E-state index in [1.807, 2.05) is 36.6 Å². The molecule has 0 saturated heterocycles. The molecule has 0 aliphatic rings. The highest BCUT2D eigenvalue weighted by Crippen LogP contribution is 2.22. The minimum absolute atomic E-state index is 0.0404. The van der Waals surface area contributed by atoms with Gasteiger partial charge in [-0.15, -0.1) is 0 Å². The lowest BCUT2D eigenvalue weighted by atomic mass is 10.2. The van der Waals surface area contributed by atoms with Gasteiger partial charge in [0.25, 0.3) is 0 Å². The summed E-state index contributed by atoms with van der Waals surface area (Å²) in [4.78, 5) is 4.41. The second-order valence-electron chi connectivity index (χ2n) is 3.81. The van der Waals surface area contributed by atoms with E-state index in [2.05, 4.69) is 4.98 Å². The van der Waals surface area contributed by atoms with Crippen LogP contribution < -0.4 is 5.73 Å². The molecule has 0 fully saturated rings. The number of benzene rings is 1. The smallest absolute Gasteiger partial charge is 0.107 e. The fourth-order valence-corrected chi connectivity index (χ4v) is 1.87. The number of aromatic nitrogens is 2. The zero-order valence-electron chi connectivity index (χ0n) is 8.94. The Kier molecular flexibility index (Phi) is 2.36. The van der Waals surface area contributed by atoms with Gasteiger partial charge in [0.2, 0.25) is 0 Å². The molecule has 0 bridgehead atoms. The lowest BCUT2D eigenvalue weighted by Crippen LogP contribution is -2.10. The third-order valence-electron chi connectivity index (χ3n) is 2.59. The van der Waals surface area contributed by atoms with Crippen molar-refractivity contribution in [3.8, 4) is 0 Å². The maximum atomic E-state index is 9.17. The highest BCUT2D eigenvalue weighted by molar-refractivity contribution is 5.79. The summed E-state index contributed by atoms with van der Waals surface area (Å²) in [7, 11) is 0. The zero-order valence-corrected chi connectivity index (χ0v) is 8.94. The molecule has 0 aliphatic carbocycles. The normalized spacial score (nSPS) is 13.3. The van der Waals surface area contributed by atoms with Crippen molar-refractivity contribution >= 4 is 16.7 Å². The lowest BCUT2D eigenvalue weighted by molar-refractivity contribution is 0.239. The fourth-order valence-electron chi connectivity index (χ4n) is 1.87. The molecule has 80 valence electrons. The van der Waals surface area contributed by atoms with Gasteiger partial charge in [0.05, 0.1) is 23.7 Å². The van der Waals surface area contributed by atoms with Crippen molar-refractivity contribution < 1.29 is 5.11 Å². The molecule has 0 spiro atoms. The van der Waals surface area contributed by atoms with Crippen LogP contribution in [0.1, 0.15) is 18.8 Å². The average Bonchev–Trinajstić information content (AvgIpc) is 2.52. The number of aryl methyl sites for hydroxylation is 1. The number of hydrogen-bond donors (Lipinski definition) is 2. The van der Waals surface area contributed by atoms with Gasteiger partial charge in [0.1, 0.15) is 5.82 Å². The quantitative estimate of drug-likeness (QED) is 0.730. The Morgan fingerprint density at radius 2 is 2.27 bits per heavy atom. The third kappa shape index (κ3) is 1.57. The first-order valence-corrected chi connectivity index (χ1v) is 4.98. The number of nitrogens with two attached hydrogens (primary N) is 1. The number of imidazole rings is 1. The number of nitrogens with zero attached hydrogens (tertiary/aromatic N) is 2. The van der Waals surface area contributed by atoms with Crippen molar-refractivity contribution in [1.82, 2.24) is 9.55 Å². The highest BCUT2D eigenvalue weighted by atomic mass is 16.3. The molecule has 4 nitrogen and oxygen atoms in total. The minimum Gasteiger partial charge on any atom is -0.399 e. The van der Waals surface area contributed by atoms with Gasteiger partial charge < -0.3 is 15.4 Å². The van der Waals surface area contributed by atoms with Crippen LogP contribution in [-0.2, 0) is 0 Å². The SMILES string of the molecule is Cc1nc2cc(N)ccc2n1[C@@H](C)CO. The van der Waals surface area contributed by atoms with Gasteiger partial charge in [-0.25, -0.2) is 4.98 Å². The van der Waals surface area contributed by atoms with E-state index in [4.69, 9.17) is 5.73 Å². The Bertz CT molecular complexity index is 490. The minimum atomic E-state index is 0.0404. The number of aliphatic hydroxyl groups excluding tert-OH is 1. The van der Waals surface area contributed by atoms with Crippen LogP contribution in [0.3, 0.4) is 0 Å². The van der Waals surface area contributed by atoms with Crippen LogP contribution in [-0.4, -0.2) is 21.3 Å². The van der Waals surface area contributed by atoms with Gasteiger partial charge in [-0.05, 0) is 32.0 Å². The highest BCUT2D eigenvalue weighted by Gasteiger charge is 2.12. The summed E-state index contributed by atoms with van der Waals surface area (Å²) < 4.78 is 2.02. The van der Waals surface area contributed by atoms with E-state index in [1.54, 1.807) is 0 Å². The first-order chi connectivity index (χ1) is 7.13. The molecular weight excluding hydrogens is 190 g/mol. The molecule has 1 heterocycles. The number of fused-ring (bicyclic) bond motifs is 1. The Morgan fingerprint density at radius 1 is 1.53 bits per heavy atom. The monoisotopic (exact) mass is 205 g/mol. The first-order valence-electron chi connectivity index (χ1n) is 4.98. The Hall–Kier alpha value is -1.55. The topological polar surface area (TPSA) is 64.1 Å². The lowest BCUT2D eigenvalue weighted by Gasteiger charge is -2.13. The number of rotatable bonds is 2. The largest absolute Gasteiger partial charge is 0.399 e. The van der Waals surface area contributed by atoms with Gasteiger partial charge in [-0.3, -0.25) is 0 Å². The maximum Gasteiger partial charge on any atom is 0.107 e. The summed E-state index contributed by atoms with van der Waals surface area (Å²) in [6, 6.07) is 5.68. The van der Waals surface area contributed by atoms with Crippen LogP contribution in [0, 0.1) is 6.92 Å². The van der Waals surface area contributed by atoms with Gasteiger partial charge >= 0.3 is 0 Å². The van der Waals surface area contributed by atoms with E-state index in [-0.39, 0.29) is 12.6 Å². The zero-order chi connectivity index (χ0) is 11.0. The molecule has 0 aliphatic heterocycles. The number of nitrogen functional groups attached to an aromatic ring is 1. The van der Waals surface area contributed by atoms with Gasteiger partial charge in [-0.2, -0.15) is 0 Å². The molecule has 0 unspecified atom stereocenters. The van der Waals surface area contributed by atoms with E-state index >= 15 is 0 Å². The van der Waals surface area contributed by atoms with Gasteiger partial charge in [0.15, 0.2) is 0 Å². The Labute approximate surface area is 88.3 Å². The molecule has 0 saturated carbocycles. The summed E-state index contributed by atoms with van der Waals surface area (Å²) in [6.45, 7) is 4.00. The average molecular weight is 205 g/mol. The number of anilines is 1. The summed E-state index contributed by atoms with van der Waals surface area (Å²) in [6.07, 6.45) is 0. The molecule has 1 aromatic carbocycles. The van der Waals surface area contributed by atoms with Crippen LogP contribution in [0.2, 0.25) is 0 Å². The molecule has 0 amide bonds. The van der Waals surface area contributed by atoms with E-state index < -0.39 is 0 Å².